The van der Waals surface area contributed by atoms with E-state index >= 15 is 0 Å². The average molecular weight is 296 g/mol. The third kappa shape index (κ3) is 4.43. The average Bonchev–Trinajstić information content (AvgIpc) is 3.19. The number of carbonyl (C=O) groups is 2. The van der Waals surface area contributed by atoms with Crippen LogP contribution in [0.5, 0.6) is 0 Å². The van der Waals surface area contributed by atoms with E-state index in [1.165, 1.54) is 0 Å². The molecule has 2 atom stereocenters. The molecule has 2 unspecified atom stereocenters. The van der Waals surface area contributed by atoms with Crippen molar-refractivity contribution in [1.82, 2.24) is 10.6 Å². The molecule has 2 aliphatic carbocycles. The molecule has 5 heteroatoms. The predicted octanol–water partition coefficient (Wildman–Crippen LogP) is 1.21. The first-order chi connectivity index (χ1) is 9.96. The summed E-state index contributed by atoms with van der Waals surface area (Å²) < 4.78 is 0. The fraction of sp³-hybridized carbons (Fsp3) is 0.875. The van der Waals surface area contributed by atoms with Crippen LogP contribution in [0.2, 0.25) is 0 Å². The van der Waals surface area contributed by atoms with Gasteiger partial charge in [0.25, 0.3) is 0 Å². The fourth-order valence-electron chi connectivity index (χ4n) is 3.11. The van der Waals surface area contributed by atoms with Gasteiger partial charge in [-0.2, -0.15) is 0 Å². The Balaban J connectivity index is 1.69. The van der Waals surface area contributed by atoms with Crippen LogP contribution in [0.3, 0.4) is 0 Å². The SMILES string of the molecule is CC1CCC(CO)(NC(=O)CCNC(=O)C2CC2C)CC1. The number of aliphatic hydroxyl groups excluding tert-OH is 1. The summed E-state index contributed by atoms with van der Waals surface area (Å²) in [5.41, 5.74) is -0.446. The van der Waals surface area contributed by atoms with E-state index in [2.05, 4.69) is 24.5 Å². The maximum absolute atomic E-state index is 12.0. The van der Waals surface area contributed by atoms with Crippen LogP contribution in [0.15, 0.2) is 0 Å². The number of rotatable bonds is 6. The Kier molecular flexibility index (Phi) is 5.25. The Morgan fingerprint density at radius 2 is 1.86 bits per heavy atom. The number of hydrogen-bond acceptors (Lipinski definition) is 3. The van der Waals surface area contributed by atoms with Crippen LogP contribution in [0.1, 0.15) is 52.4 Å². The normalized spacial score (nSPS) is 35.1. The van der Waals surface area contributed by atoms with Gasteiger partial charge in [0.2, 0.25) is 11.8 Å². The van der Waals surface area contributed by atoms with Crippen molar-refractivity contribution in [3.05, 3.63) is 0 Å². The van der Waals surface area contributed by atoms with Gasteiger partial charge in [0.1, 0.15) is 0 Å². The Labute approximate surface area is 126 Å². The lowest BCUT2D eigenvalue weighted by atomic mass is 9.77. The predicted molar refractivity (Wildman–Crippen MR) is 80.5 cm³/mol. The molecule has 0 aliphatic heterocycles. The Morgan fingerprint density at radius 3 is 2.38 bits per heavy atom. The first kappa shape index (κ1) is 16.3. The lowest BCUT2D eigenvalue weighted by molar-refractivity contribution is -0.125. The molecule has 120 valence electrons. The van der Waals surface area contributed by atoms with Crippen LogP contribution in [0.25, 0.3) is 0 Å². The number of amides is 2. The van der Waals surface area contributed by atoms with Crippen molar-refractivity contribution >= 4 is 11.8 Å². The summed E-state index contributed by atoms with van der Waals surface area (Å²) in [7, 11) is 0. The number of carbonyl (C=O) groups excluding carboxylic acids is 2. The van der Waals surface area contributed by atoms with E-state index < -0.39 is 5.54 Å². The summed E-state index contributed by atoms with van der Waals surface area (Å²) in [5.74, 6) is 1.29. The third-order valence-electron chi connectivity index (χ3n) is 5.04. The van der Waals surface area contributed by atoms with Crippen LogP contribution in [-0.4, -0.2) is 35.6 Å². The monoisotopic (exact) mass is 296 g/mol. The molecule has 0 bridgehead atoms. The molecule has 2 saturated carbocycles. The second-order valence-corrected chi connectivity index (χ2v) is 7.03. The summed E-state index contributed by atoms with van der Waals surface area (Å²) >= 11 is 0. The van der Waals surface area contributed by atoms with Gasteiger partial charge in [-0.05, 0) is 43.9 Å². The van der Waals surface area contributed by atoms with Gasteiger partial charge < -0.3 is 15.7 Å². The van der Waals surface area contributed by atoms with E-state index in [4.69, 9.17) is 0 Å². The molecular formula is C16H28N2O3. The number of aliphatic hydroxyl groups is 1. The van der Waals surface area contributed by atoms with Crippen molar-refractivity contribution in [3.8, 4) is 0 Å². The molecule has 0 spiro atoms. The van der Waals surface area contributed by atoms with E-state index in [0.29, 0.717) is 18.4 Å². The van der Waals surface area contributed by atoms with Gasteiger partial charge in [-0.1, -0.05) is 13.8 Å². The quantitative estimate of drug-likeness (QED) is 0.689. The molecule has 5 nitrogen and oxygen atoms in total. The zero-order chi connectivity index (χ0) is 15.5. The lowest BCUT2D eigenvalue weighted by Crippen LogP contribution is -2.53. The minimum absolute atomic E-state index is 0.00257. The molecule has 0 aromatic rings. The molecule has 0 radical (unpaired) electrons. The Hall–Kier alpha value is -1.10. The van der Waals surface area contributed by atoms with Gasteiger partial charge in [-0.25, -0.2) is 0 Å². The molecule has 2 rings (SSSR count). The first-order valence-electron chi connectivity index (χ1n) is 8.15. The van der Waals surface area contributed by atoms with E-state index in [-0.39, 0.29) is 30.8 Å². The summed E-state index contributed by atoms with van der Waals surface area (Å²) in [5, 5.41) is 15.4. The second-order valence-electron chi connectivity index (χ2n) is 7.03. The van der Waals surface area contributed by atoms with Crippen molar-refractivity contribution in [3.63, 3.8) is 0 Å². The van der Waals surface area contributed by atoms with Gasteiger partial charge >= 0.3 is 0 Å². The van der Waals surface area contributed by atoms with Crippen LogP contribution in [-0.2, 0) is 9.59 Å². The van der Waals surface area contributed by atoms with Gasteiger partial charge in [0.05, 0.1) is 12.1 Å². The fourth-order valence-corrected chi connectivity index (χ4v) is 3.11. The standard InChI is InChI=1S/C16H28N2O3/c1-11-3-6-16(10-19,7-4-11)18-14(20)5-8-17-15(21)13-9-12(13)2/h11-13,19H,3-10H2,1-2H3,(H,17,21)(H,18,20). The molecule has 0 aromatic heterocycles. The van der Waals surface area contributed by atoms with Crippen molar-refractivity contribution in [2.45, 2.75) is 57.9 Å². The van der Waals surface area contributed by atoms with Gasteiger partial charge in [-0.15, -0.1) is 0 Å². The molecule has 0 aromatic carbocycles. The third-order valence-corrected chi connectivity index (χ3v) is 5.04. The largest absolute Gasteiger partial charge is 0.394 e. The van der Waals surface area contributed by atoms with Crippen LogP contribution < -0.4 is 10.6 Å². The Bertz CT molecular complexity index is 389. The number of hydrogen-bond donors (Lipinski definition) is 3. The lowest BCUT2D eigenvalue weighted by Gasteiger charge is -2.38. The molecule has 2 fully saturated rings. The Morgan fingerprint density at radius 1 is 1.24 bits per heavy atom. The molecule has 3 N–H and O–H groups in total. The van der Waals surface area contributed by atoms with Gasteiger partial charge in [0.15, 0.2) is 0 Å². The zero-order valence-electron chi connectivity index (χ0n) is 13.2. The van der Waals surface area contributed by atoms with Gasteiger partial charge in [-0.3, -0.25) is 9.59 Å². The summed E-state index contributed by atoms with van der Waals surface area (Å²) in [6.07, 6.45) is 4.99. The van der Waals surface area contributed by atoms with Crippen LogP contribution >= 0.6 is 0 Å². The number of nitrogens with one attached hydrogen (secondary N) is 2. The maximum Gasteiger partial charge on any atom is 0.223 e. The van der Waals surface area contributed by atoms with Crippen LogP contribution in [0.4, 0.5) is 0 Å². The summed E-state index contributed by atoms with van der Waals surface area (Å²) in [6, 6.07) is 0. The molecule has 2 aliphatic rings. The van der Waals surface area contributed by atoms with Crippen molar-refractivity contribution in [2.24, 2.45) is 17.8 Å². The van der Waals surface area contributed by atoms with Gasteiger partial charge in [0, 0.05) is 18.9 Å². The van der Waals surface area contributed by atoms with Crippen molar-refractivity contribution in [1.29, 1.82) is 0 Å². The van der Waals surface area contributed by atoms with Crippen LogP contribution in [0, 0.1) is 17.8 Å². The first-order valence-corrected chi connectivity index (χ1v) is 8.15. The van der Waals surface area contributed by atoms with E-state index in [1.807, 2.05) is 0 Å². The summed E-state index contributed by atoms with van der Waals surface area (Å²) in [4.78, 5) is 23.7. The molecule has 0 saturated heterocycles. The molecular weight excluding hydrogens is 268 g/mol. The minimum atomic E-state index is -0.446. The highest BCUT2D eigenvalue weighted by Crippen LogP contribution is 2.37. The minimum Gasteiger partial charge on any atom is -0.394 e. The molecule has 0 heterocycles. The summed E-state index contributed by atoms with van der Waals surface area (Å²) in [6.45, 7) is 4.65. The highest BCUT2D eigenvalue weighted by Gasteiger charge is 2.39. The molecule has 2 amide bonds. The van der Waals surface area contributed by atoms with E-state index in [0.717, 1.165) is 32.1 Å². The maximum atomic E-state index is 12.0. The highest BCUT2D eigenvalue weighted by atomic mass is 16.3. The van der Waals surface area contributed by atoms with E-state index in [1.54, 1.807) is 0 Å². The topological polar surface area (TPSA) is 78.4 Å². The smallest absolute Gasteiger partial charge is 0.223 e. The zero-order valence-corrected chi connectivity index (χ0v) is 13.2. The van der Waals surface area contributed by atoms with Crippen molar-refractivity contribution < 1.29 is 14.7 Å². The highest BCUT2D eigenvalue weighted by molar-refractivity contribution is 5.82. The molecule has 21 heavy (non-hydrogen) atoms. The van der Waals surface area contributed by atoms with Crippen molar-refractivity contribution in [2.75, 3.05) is 13.2 Å². The van der Waals surface area contributed by atoms with E-state index in [9.17, 15) is 14.7 Å². The second kappa shape index (κ2) is 6.77.